The molecule has 0 aromatic carbocycles. The van der Waals surface area contributed by atoms with Crippen LogP contribution in [-0.4, -0.2) is 14.5 Å². The molecule has 0 fully saturated rings. The molecule has 1 atom stereocenters. The van der Waals surface area contributed by atoms with Crippen molar-refractivity contribution in [2.24, 2.45) is 0 Å². The first-order valence-corrected chi connectivity index (χ1v) is 5.82. The molecule has 0 aromatic rings. The highest BCUT2D eigenvalue weighted by atomic mass is 32.2. The highest BCUT2D eigenvalue weighted by molar-refractivity contribution is 7.79. The molecule has 0 saturated heterocycles. The molecular weight excluding hydrogens is 184 g/mol. The van der Waals surface area contributed by atoms with Gasteiger partial charge >= 0.3 is 0 Å². The van der Waals surface area contributed by atoms with Crippen LogP contribution in [0.4, 0.5) is 0 Å². The van der Waals surface area contributed by atoms with Gasteiger partial charge in [-0.1, -0.05) is 34.4 Å². The van der Waals surface area contributed by atoms with E-state index in [1.54, 1.807) is 0 Å². The van der Waals surface area contributed by atoms with Crippen molar-refractivity contribution >= 4 is 11.1 Å². The van der Waals surface area contributed by atoms with E-state index in [2.05, 4.69) is 19.1 Å². The molecule has 0 heterocycles. The second-order valence-corrected chi connectivity index (χ2v) is 4.33. The van der Waals surface area contributed by atoms with Gasteiger partial charge < -0.3 is 4.55 Å². The number of rotatable bonds is 2. The third kappa shape index (κ3) is 4.39. The maximum absolute atomic E-state index is 10.5. The normalized spacial score (nSPS) is 21.1. The average molecular weight is 199 g/mol. The van der Waals surface area contributed by atoms with Crippen LogP contribution in [0, 0.1) is 0 Å². The van der Waals surface area contributed by atoms with Crippen LogP contribution in [0.3, 0.4) is 0 Å². The zero-order valence-electron chi connectivity index (χ0n) is 7.91. The second kappa shape index (κ2) is 5.35. The average Bonchev–Trinajstić information content (AvgIpc) is 1.99. The second-order valence-electron chi connectivity index (χ2n) is 3.44. The third-order valence-electron chi connectivity index (χ3n) is 2.23. The van der Waals surface area contributed by atoms with Gasteiger partial charge in [-0.15, -0.1) is 0 Å². The molecular formula is C10H15O2S-. The van der Waals surface area contributed by atoms with Crippen LogP contribution in [0.1, 0.15) is 32.6 Å². The lowest BCUT2D eigenvalue weighted by Gasteiger charge is -2.11. The fourth-order valence-electron chi connectivity index (χ4n) is 1.49. The van der Waals surface area contributed by atoms with E-state index in [4.69, 9.17) is 0 Å². The SMILES string of the molecule is CC1=CCCC(CS(=O)[O-])=CCC1. The molecule has 3 heteroatoms. The first kappa shape index (κ1) is 10.7. The maximum Gasteiger partial charge on any atom is 0.0312 e. The Morgan fingerprint density at radius 2 is 2.08 bits per heavy atom. The molecule has 0 bridgehead atoms. The molecule has 0 radical (unpaired) electrons. The summed E-state index contributed by atoms with van der Waals surface area (Å²) in [5.74, 6) is 0.215. The fourth-order valence-corrected chi connectivity index (χ4v) is 2.06. The molecule has 0 spiro atoms. The summed E-state index contributed by atoms with van der Waals surface area (Å²) in [6, 6.07) is 0. The quantitative estimate of drug-likeness (QED) is 0.506. The molecule has 1 aliphatic carbocycles. The van der Waals surface area contributed by atoms with Crippen molar-refractivity contribution in [2.75, 3.05) is 5.75 Å². The van der Waals surface area contributed by atoms with Crippen molar-refractivity contribution in [1.82, 2.24) is 0 Å². The summed E-state index contributed by atoms with van der Waals surface area (Å²) in [6.07, 6.45) is 8.21. The summed E-state index contributed by atoms with van der Waals surface area (Å²) in [7, 11) is 0. The van der Waals surface area contributed by atoms with E-state index in [0.717, 1.165) is 31.3 Å². The minimum atomic E-state index is -1.92. The molecule has 0 saturated carbocycles. The Morgan fingerprint density at radius 3 is 2.77 bits per heavy atom. The first-order chi connectivity index (χ1) is 6.18. The van der Waals surface area contributed by atoms with Gasteiger partial charge in [0.15, 0.2) is 0 Å². The predicted octanol–water partition coefficient (Wildman–Crippen LogP) is 2.31. The molecule has 0 aromatic heterocycles. The lowest BCUT2D eigenvalue weighted by Crippen LogP contribution is -2.00. The molecule has 74 valence electrons. The van der Waals surface area contributed by atoms with Crippen LogP contribution in [-0.2, 0) is 11.1 Å². The standard InChI is InChI=1S/C10H16O2S/c1-9-4-2-6-10(7-3-5-9)8-13(11)12/h4,7H,2-3,5-6,8H2,1H3,(H,11,12)/p-1. The van der Waals surface area contributed by atoms with Crippen LogP contribution >= 0.6 is 0 Å². The van der Waals surface area contributed by atoms with Gasteiger partial charge in [-0.25, -0.2) is 0 Å². The number of allylic oxidation sites excluding steroid dienone is 3. The smallest absolute Gasteiger partial charge is 0.0312 e. The van der Waals surface area contributed by atoms with Crippen LogP contribution < -0.4 is 0 Å². The topological polar surface area (TPSA) is 40.1 Å². The van der Waals surface area contributed by atoms with Gasteiger partial charge in [0.1, 0.15) is 0 Å². The van der Waals surface area contributed by atoms with Crippen molar-refractivity contribution in [3.8, 4) is 0 Å². The zero-order chi connectivity index (χ0) is 9.68. The predicted molar refractivity (Wildman–Crippen MR) is 54.1 cm³/mol. The van der Waals surface area contributed by atoms with E-state index < -0.39 is 11.1 Å². The molecule has 1 rings (SSSR count). The lowest BCUT2D eigenvalue weighted by atomic mass is 10.0. The molecule has 1 aliphatic rings. The van der Waals surface area contributed by atoms with Gasteiger partial charge in [0.05, 0.1) is 0 Å². The third-order valence-corrected chi connectivity index (χ3v) is 2.84. The van der Waals surface area contributed by atoms with Gasteiger partial charge in [0.25, 0.3) is 0 Å². The van der Waals surface area contributed by atoms with E-state index in [0.29, 0.717) is 0 Å². The Morgan fingerprint density at radius 1 is 1.38 bits per heavy atom. The Labute approximate surface area is 82.0 Å². The highest BCUT2D eigenvalue weighted by Crippen LogP contribution is 2.16. The van der Waals surface area contributed by atoms with Gasteiger partial charge in [0, 0.05) is 5.75 Å². The monoisotopic (exact) mass is 199 g/mol. The van der Waals surface area contributed by atoms with Crippen LogP contribution in [0.25, 0.3) is 0 Å². The molecule has 2 nitrogen and oxygen atoms in total. The molecule has 13 heavy (non-hydrogen) atoms. The van der Waals surface area contributed by atoms with E-state index >= 15 is 0 Å². The molecule has 0 N–H and O–H groups in total. The number of hydrogen-bond donors (Lipinski definition) is 0. The highest BCUT2D eigenvalue weighted by Gasteiger charge is 2.00. The van der Waals surface area contributed by atoms with Crippen LogP contribution in [0.2, 0.25) is 0 Å². The Bertz CT molecular complexity index is 254. The molecule has 0 amide bonds. The molecule has 1 unspecified atom stereocenters. The van der Waals surface area contributed by atoms with E-state index in [1.807, 2.05) is 0 Å². The molecule has 0 aliphatic heterocycles. The van der Waals surface area contributed by atoms with E-state index in [-0.39, 0.29) is 5.75 Å². The zero-order valence-corrected chi connectivity index (χ0v) is 8.73. The Hall–Kier alpha value is -0.410. The van der Waals surface area contributed by atoms with Gasteiger partial charge in [-0.3, -0.25) is 4.21 Å². The van der Waals surface area contributed by atoms with Crippen molar-refractivity contribution in [2.45, 2.75) is 32.6 Å². The van der Waals surface area contributed by atoms with E-state index in [1.165, 1.54) is 5.57 Å². The first-order valence-electron chi connectivity index (χ1n) is 4.58. The van der Waals surface area contributed by atoms with Crippen LogP contribution in [0.15, 0.2) is 23.3 Å². The van der Waals surface area contributed by atoms with Crippen molar-refractivity contribution in [1.29, 1.82) is 0 Å². The largest absolute Gasteiger partial charge is 0.772 e. The lowest BCUT2D eigenvalue weighted by molar-refractivity contribution is 0.538. The minimum Gasteiger partial charge on any atom is -0.772 e. The van der Waals surface area contributed by atoms with Crippen molar-refractivity contribution in [3.63, 3.8) is 0 Å². The van der Waals surface area contributed by atoms with Gasteiger partial charge in [-0.2, -0.15) is 0 Å². The Kier molecular flexibility index (Phi) is 4.39. The van der Waals surface area contributed by atoms with E-state index in [9.17, 15) is 8.76 Å². The van der Waals surface area contributed by atoms with Crippen LogP contribution in [0.5, 0.6) is 0 Å². The maximum atomic E-state index is 10.5. The number of hydrogen-bond acceptors (Lipinski definition) is 2. The summed E-state index contributed by atoms with van der Waals surface area (Å²) in [4.78, 5) is 0. The summed E-state index contributed by atoms with van der Waals surface area (Å²) in [5.41, 5.74) is 2.48. The minimum absolute atomic E-state index is 0.215. The summed E-state index contributed by atoms with van der Waals surface area (Å²) in [5, 5.41) is 0. The summed E-state index contributed by atoms with van der Waals surface area (Å²) >= 11 is -1.92. The van der Waals surface area contributed by atoms with Crippen molar-refractivity contribution < 1.29 is 8.76 Å². The summed E-state index contributed by atoms with van der Waals surface area (Å²) in [6.45, 7) is 2.13. The fraction of sp³-hybridized carbons (Fsp3) is 0.600. The Balaban J connectivity index is 2.49. The summed E-state index contributed by atoms with van der Waals surface area (Å²) < 4.78 is 20.9. The van der Waals surface area contributed by atoms with Gasteiger partial charge in [0.2, 0.25) is 0 Å². The van der Waals surface area contributed by atoms with Crippen molar-refractivity contribution in [3.05, 3.63) is 23.3 Å². The van der Waals surface area contributed by atoms with Gasteiger partial charge in [-0.05, 0) is 32.6 Å².